The first-order valence-corrected chi connectivity index (χ1v) is 8.74. The minimum absolute atomic E-state index is 0.108. The van der Waals surface area contributed by atoms with Crippen LogP contribution in [0, 0.1) is 6.92 Å². The largest absolute Gasteiger partial charge is 0.343 e. The van der Waals surface area contributed by atoms with E-state index in [4.69, 9.17) is 0 Å². The number of carbonyl (C=O) groups is 2. The van der Waals surface area contributed by atoms with Gasteiger partial charge in [0.05, 0.1) is 18.3 Å². The second-order valence-corrected chi connectivity index (χ2v) is 6.16. The van der Waals surface area contributed by atoms with Crippen LogP contribution in [0.1, 0.15) is 33.2 Å². The average Bonchev–Trinajstić information content (AvgIpc) is 2.72. The van der Waals surface area contributed by atoms with E-state index >= 15 is 0 Å². The molecule has 0 bridgehead atoms. The normalized spacial score (nSPS) is 11.4. The van der Waals surface area contributed by atoms with Gasteiger partial charge in [0, 0.05) is 11.8 Å². The summed E-state index contributed by atoms with van der Waals surface area (Å²) in [4.78, 5) is 29.1. The van der Waals surface area contributed by atoms with Gasteiger partial charge in [0.15, 0.2) is 0 Å². The Bertz CT molecular complexity index is 872. The molecule has 0 spiro atoms. The first-order valence-electron chi connectivity index (χ1n) is 8.74. The highest BCUT2D eigenvalue weighted by Crippen LogP contribution is 2.19. The molecule has 0 saturated carbocycles. The molecule has 1 heterocycles. The van der Waals surface area contributed by atoms with Crippen molar-refractivity contribution in [2.45, 2.75) is 13.0 Å². The Labute approximate surface area is 158 Å². The summed E-state index contributed by atoms with van der Waals surface area (Å²) in [5.74, 6) is -0.547. The number of benzene rings is 2. The first-order chi connectivity index (χ1) is 13.1. The molecule has 3 aromatic rings. The quantitative estimate of drug-likeness (QED) is 0.711. The molecular weight excluding hydrogens is 338 g/mol. The van der Waals surface area contributed by atoms with Gasteiger partial charge in [-0.15, -0.1) is 0 Å². The number of amides is 2. The smallest absolute Gasteiger partial charge is 0.251 e. The van der Waals surface area contributed by atoms with E-state index in [1.54, 1.807) is 18.3 Å². The third-order valence-corrected chi connectivity index (χ3v) is 4.22. The topological polar surface area (TPSA) is 71.1 Å². The van der Waals surface area contributed by atoms with E-state index in [1.165, 1.54) is 0 Å². The van der Waals surface area contributed by atoms with Gasteiger partial charge in [-0.05, 0) is 36.2 Å². The molecule has 0 radical (unpaired) electrons. The molecule has 0 aliphatic carbocycles. The van der Waals surface area contributed by atoms with Crippen LogP contribution in [0.15, 0.2) is 79.0 Å². The predicted molar refractivity (Wildman–Crippen MR) is 104 cm³/mol. The van der Waals surface area contributed by atoms with Gasteiger partial charge in [0.25, 0.3) is 5.91 Å². The highest BCUT2D eigenvalue weighted by Gasteiger charge is 2.18. The average molecular weight is 359 g/mol. The number of rotatable bonds is 6. The van der Waals surface area contributed by atoms with Gasteiger partial charge < -0.3 is 10.6 Å². The van der Waals surface area contributed by atoms with Crippen molar-refractivity contribution in [3.63, 3.8) is 0 Å². The van der Waals surface area contributed by atoms with Crippen LogP contribution < -0.4 is 10.6 Å². The minimum atomic E-state index is -0.379. The van der Waals surface area contributed by atoms with Crippen LogP contribution in [-0.2, 0) is 4.79 Å². The van der Waals surface area contributed by atoms with Gasteiger partial charge in [-0.1, -0.05) is 54.6 Å². The highest BCUT2D eigenvalue weighted by atomic mass is 16.2. The molecule has 1 atom stereocenters. The van der Waals surface area contributed by atoms with Crippen LogP contribution in [0.5, 0.6) is 0 Å². The Morgan fingerprint density at radius 3 is 2.33 bits per heavy atom. The lowest BCUT2D eigenvalue weighted by Gasteiger charge is -2.19. The molecule has 2 N–H and O–H groups in total. The van der Waals surface area contributed by atoms with E-state index in [9.17, 15) is 9.59 Å². The van der Waals surface area contributed by atoms with Crippen molar-refractivity contribution < 1.29 is 9.59 Å². The van der Waals surface area contributed by atoms with Crippen LogP contribution in [0.3, 0.4) is 0 Å². The van der Waals surface area contributed by atoms with Crippen LogP contribution in [0.4, 0.5) is 0 Å². The molecular formula is C22H21N3O2. The van der Waals surface area contributed by atoms with Gasteiger partial charge in [0.1, 0.15) is 0 Å². The maximum Gasteiger partial charge on any atom is 0.251 e. The Balaban J connectivity index is 1.68. The Hall–Kier alpha value is -3.47. The second-order valence-electron chi connectivity index (χ2n) is 6.16. The van der Waals surface area contributed by atoms with Crippen molar-refractivity contribution in [1.82, 2.24) is 15.6 Å². The summed E-state index contributed by atoms with van der Waals surface area (Å²) in [6.45, 7) is 1.75. The maximum atomic E-state index is 12.5. The number of hydrogen-bond acceptors (Lipinski definition) is 3. The van der Waals surface area contributed by atoms with Gasteiger partial charge in [-0.3, -0.25) is 14.6 Å². The number of aryl methyl sites for hydroxylation is 1. The molecule has 0 fully saturated rings. The standard InChI is InChI=1S/C22H21N3O2/c1-16-9-5-6-12-18(16)22(27)24-15-20(26)25-21(17-10-3-2-4-11-17)19-13-7-8-14-23-19/h2-14,21H,15H2,1H3,(H,24,27)(H,25,26). The van der Waals surface area contributed by atoms with E-state index in [2.05, 4.69) is 15.6 Å². The van der Waals surface area contributed by atoms with Gasteiger partial charge in [-0.2, -0.15) is 0 Å². The number of nitrogens with one attached hydrogen (secondary N) is 2. The zero-order chi connectivity index (χ0) is 19.1. The van der Waals surface area contributed by atoms with E-state index in [1.807, 2.05) is 67.6 Å². The number of carbonyl (C=O) groups excluding carboxylic acids is 2. The Morgan fingerprint density at radius 2 is 1.63 bits per heavy atom. The molecule has 5 heteroatoms. The maximum absolute atomic E-state index is 12.5. The van der Waals surface area contributed by atoms with Gasteiger partial charge in [-0.25, -0.2) is 0 Å². The monoisotopic (exact) mass is 359 g/mol. The van der Waals surface area contributed by atoms with E-state index < -0.39 is 0 Å². The molecule has 2 aromatic carbocycles. The summed E-state index contributed by atoms with van der Waals surface area (Å²) in [7, 11) is 0. The first kappa shape index (κ1) is 18.3. The summed E-state index contributed by atoms with van der Waals surface area (Å²) in [5.41, 5.74) is 3.10. The van der Waals surface area contributed by atoms with Crippen molar-refractivity contribution in [2.24, 2.45) is 0 Å². The number of hydrogen-bond donors (Lipinski definition) is 2. The zero-order valence-corrected chi connectivity index (χ0v) is 15.1. The van der Waals surface area contributed by atoms with Crippen molar-refractivity contribution in [3.8, 4) is 0 Å². The van der Waals surface area contributed by atoms with Crippen molar-refractivity contribution in [1.29, 1.82) is 0 Å². The molecule has 136 valence electrons. The molecule has 27 heavy (non-hydrogen) atoms. The number of aromatic nitrogens is 1. The minimum Gasteiger partial charge on any atom is -0.343 e. The van der Waals surface area contributed by atoms with E-state index in [-0.39, 0.29) is 24.4 Å². The lowest BCUT2D eigenvalue weighted by Crippen LogP contribution is -2.39. The second kappa shape index (κ2) is 8.76. The SMILES string of the molecule is Cc1ccccc1C(=O)NCC(=O)NC(c1ccccc1)c1ccccn1. The van der Waals surface area contributed by atoms with Crippen LogP contribution >= 0.6 is 0 Å². The van der Waals surface area contributed by atoms with Crippen molar-refractivity contribution in [2.75, 3.05) is 6.54 Å². The molecule has 1 aromatic heterocycles. The fourth-order valence-corrected chi connectivity index (χ4v) is 2.82. The van der Waals surface area contributed by atoms with Gasteiger partial charge >= 0.3 is 0 Å². The summed E-state index contributed by atoms with van der Waals surface area (Å²) in [6.07, 6.45) is 1.69. The molecule has 0 saturated heterocycles. The fourth-order valence-electron chi connectivity index (χ4n) is 2.82. The summed E-state index contributed by atoms with van der Waals surface area (Å²) in [6, 6.07) is 22.1. The third-order valence-electron chi connectivity index (χ3n) is 4.22. The Morgan fingerprint density at radius 1 is 0.926 bits per heavy atom. The summed E-state index contributed by atoms with van der Waals surface area (Å²) < 4.78 is 0. The zero-order valence-electron chi connectivity index (χ0n) is 15.1. The molecule has 5 nitrogen and oxygen atoms in total. The third kappa shape index (κ3) is 4.79. The van der Waals surface area contributed by atoms with Crippen LogP contribution in [0.25, 0.3) is 0 Å². The molecule has 0 aliphatic rings. The van der Waals surface area contributed by atoms with Crippen LogP contribution in [0.2, 0.25) is 0 Å². The van der Waals surface area contributed by atoms with E-state index in [0.29, 0.717) is 5.56 Å². The highest BCUT2D eigenvalue weighted by molar-refractivity contribution is 5.97. The fraction of sp³-hybridized carbons (Fsp3) is 0.136. The van der Waals surface area contributed by atoms with Gasteiger partial charge in [0.2, 0.25) is 5.91 Å². The summed E-state index contributed by atoms with van der Waals surface area (Å²) >= 11 is 0. The van der Waals surface area contributed by atoms with Crippen LogP contribution in [-0.4, -0.2) is 23.3 Å². The predicted octanol–water partition coefficient (Wildman–Crippen LogP) is 3.03. The molecule has 1 unspecified atom stereocenters. The Kier molecular flexibility index (Phi) is 5.94. The van der Waals surface area contributed by atoms with E-state index in [0.717, 1.165) is 16.8 Å². The molecule has 2 amide bonds. The molecule has 3 rings (SSSR count). The summed E-state index contributed by atoms with van der Waals surface area (Å²) in [5, 5.41) is 5.63. The lowest BCUT2D eigenvalue weighted by atomic mass is 10.0. The number of nitrogens with zero attached hydrogens (tertiary/aromatic N) is 1. The van der Waals surface area contributed by atoms with Crippen molar-refractivity contribution >= 4 is 11.8 Å². The van der Waals surface area contributed by atoms with Crippen molar-refractivity contribution in [3.05, 3.63) is 101 Å². The molecule has 0 aliphatic heterocycles. The number of pyridine rings is 1. The lowest BCUT2D eigenvalue weighted by molar-refractivity contribution is -0.120.